The molecule has 0 aliphatic carbocycles. The number of hydrogen-bond donors (Lipinski definition) is 1. The standard InChI is InChI=1S/C11H17BrN2O/c1-14(2)7-6-13-10-8-9(12)4-5-11(10)15-3/h4-5,8,13H,6-7H2,1-3H3. The molecule has 0 saturated carbocycles. The van der Waals surface area contributed by atoms with Crippen LogP contribution in [-0.4, -0.2) is 39.2 Å². The summed E-state index contributed by atoms with van der Waals surface area (Å²) in [6.07, 6.45) is 0. The molecule has 1 rings (SSSR count). The highest BCUT2D eigenvalue weighted by Crippen LogP contribution is 2.27. The Balaban J connectivity index is 2.62. The van der Waals surface area contributed by atoms with Gasteiger partial charge in [-0.2, -0.15) is 0 Å². The zero-order valence-corrected chi connectivity index (χ0v) is 11.0. The first-order valence-corrected chi connectivity index (χ1v) is 5.65. The highest BCUT2D eigenvalue weighted by Gasteiger charge is 2.02. The summed E-state index contributed by atoms with van der Waals surface area (Å²) in [5, 5.41) is 3.34. The van der Waals surface area contributed by atoms with Gasteiger partial charge in [0, 0.05) is 17.6 Å². The van der Waals surface area contributed by atoms with E-state index < -0.39 is 0 Å². The van der Waals surface area contributed by atoms with Gasteiger partial charge in [0.15, 0.2) is 0 Å². The highest BCUT2D eigenvalue weighted by atomic mass is 79.9. The van der Waals surface area contributed by atoms with Gasteiger partial charge < -0.3 is 15.0 Å². The van der Waals surface area contributed by atoms with Gasteiger partial charge in [-0.1, -0.05) is 15.9 Å². The number of methoxy groups -OCH3 is 1. The Morgan fingerprint density at radius 1 is 1.40 bits per heavy atom. The number of likely N-dealkylation sites (N-methyl/N-ethyl adjacent to an activating group) is 1. The predicted molar refractivity (Wildman–Crippen MR) is 67.7 cm³/mol. The minimum absolute atomic E-state index is 0.872. The van der Waals surface area contributed by atoms with Gasteiger partial charge in [-0.25, -0.2) is 0 Å². The van der Waals surface area contributed by atoms with Crippen molar-refractivity contribution in [3.05, 3.63) is 22.7 Å². The van der Waals surface area contributed by atoms with E-state index >= 15 is 0 Å². The van der Waals surface area contributed by atoms with Crippen molar-refractivity contribution in [3.8, 4) is 5.75 Å². The summed E-state index contributed by atoms with van der Waals surface area (Å²) in [6, 6.07) is 5.94. The van der Waals surface area contributed by atoms with Crippen LogP contribution in [0, 0.1) is 0 Å². The first kappa shape index (κ1) is 12.3. The third-order valence-corrected chi connectivity index (χ3v) is 2.53. The monoisotopic (exact) mass is 272 g/mol. The van der Waals surface area contributed by atoms with Crippen molar-refractivity contribution in [2.45, 2.75) is 0 Å². The van der Waals surface area contributed by atoms with Crippen molar-refractivity contribution in [2.75, 3.05) is 39.6 Å². The molecule has 0 bridgehead atoms. The summed E-state index contributed by atoms with van der Waals surface area (Å²) < 4.78 is 6.31. The van der Waals surface area contributed by atoms with Crippen molar-refractivity contribution in [3.63, 3.8) is 0 Å². The van der Waals surface area contributed by atoms with E-state index in [0.29, 0.717) is 0 Å². The molecule has 3 nitrogen and oxygen atoms in total. The normalized spacial score (nSPS) is 10.5. The van der Waals surface area contributed by atoms with Crippen LogP contribution in [0.2, 0.25) is 0 Å². The maximum Gasteiger partial charge on any atom is 0.142 e. The van der Waals surface area contributed by atoms with E-state index in [1.165, 1.54) is 0 Å². The molecule has 15 heavy (non-hydrogen) atoms. The lowest BCUT2D eigenvalue weighted by atomic mass is 10.3. The summed E-state index contributed by atoms with van der Waals surface area (Å²) >= 11 is 3.44. The molecular formula is C11H17BrN2O. The van der Waals surface area contributed by atoms with Gasteiger partial charge in [-0.3, -0.25) is 0 Å². The summed E-state index contributed by atoms with van der Waals surface area (Å²) in [4.78, 5) is 2.14. The van der Waals surface area contributed by atoms with Crippen LogP contribution in [0.3, 0.4) is 0 Å². The van der Waals surface area contributed by atoms with Crippen LogP contribution in [0.25, 0.3) is 0 Å². The molecule has 0 spiro atoms. The maximum atomic E-state index is 5.26. The summed E-state index contributed by atoms with van der Waals surface area (Å²) in [5.41, 5.74) is 1.02. The van der Waals surface area contributed by atoms with E-state index in [-0.39, 0.29) is 0 Å². The second-order valence-electron chi connectivity index (χ2n) is 3.57. The van der Waals surface area contributed by atoms with Crippen LogP contribution in [0.1, 0.15) is 0 Å². The Bertz CT molecular complexity index is 315. The maximum absolute atomic E-state index is 5.26. The minimum atomic E-state index is 0.872. The van der Waals surface area contributed by atoms with Gasteiger partial charge in [-0.05, 0) is 32.3 Å². The fraction of sp³-hybridized carbons (Fsp3) is 0.455. The molecule has 84 valence electrons. The van der Waals surface area contributed by atoms with Crippen LogP contribution in [0.5, 0.6) is 5.75 Å². The molecule has 1 N–H and O–H groups in total. The van der Waals surface area contributed by atoms with Gasteiger partial charge in [0.2, 0.25) is 0 Å². The Kier molecular flexibility index (Phi) is 4.91. The lowest BCUT2D eigenvalue weighted by Crippen LogP contribution is -2.20. The van der Waals surface area contributed by atoms with Gasteiger partial charge in [0.25, 0.3) is 0 Å². The zero-order valence-electron chi connectivity index (χ0n) is 9.38. The summed E-state index contributed by atoms with van der Waals surface area (Å²) in [6.45, 7) is 1.90. The molecule has 0 aliphatic rings. The number of hydrogen-bond acceptors (Lipinski definition) is 3. The predicted octanol–water partition coefficient (Wildman–Crippen LogP) is 2.43. The van der Waals surface area contributed by atoms with Crippen LogP contribution in [0.4, 0.5) is 5.69 Å². The molecule has 0 saturated heterocycles. The fourth-order valence-electron chi connectivity index (χ4n) is 1.23. The molecule has 4 heteroatoms. The van der Waals surface area contributed by atoms with Gasteiger partial charge >= 0.3 is 0 Å². The SMILES string of the molecule is COc1ccc(Br)cc1NCCN(C)C. The van der Waals surface area contributed by atoms with Gasteiger partial charge in [-0.15, -0.1) is 0 Å². The molecule has 0 fully saturated rings. The Labute approximate surface area is 99.5 Å². The number of nitrogens with one attached hydrogen (secondary N) is 1. The molecule has 0 atom stereocenters. The molecule has 0 radical (unpaired) electrons. The van der Waals surface area contributed by atoms with E-state index in [9.17, 15) is 0 Å². The molecule has 1 aromatic rings. The lowest BCUT2D eigenvalue weighted by molar-refractivity contribution is 0.413. The van der Waals surface area contributed by atoms with E-state index in [1.807, 2.05) is 18.2 Å². The zero-order chi connectivity index (χ0) is 11.3. The average molecular weight is 273 g/mol. The smallest absolute Gasteiger partial charge is 0.142 e. The van der Waals surface area contributed by atoms with E-state index in [4.69, 9.17) is 4.74 Å². The Hall–Kier alpha value is -0.740. The second kappa shape index (κ2) is 5.98. The number of rotatable bonds is 5. The average Bonchev–Trinajstić information content (AvgIpc) is 2.17. The second-order valence-corrected chi connectivity index (χ2v) is 4.49. The minimum Gasteiger partial charge on any atom is -0.495 e. The number of benzene rings is 1. The Morgan fingerprint density at radius 2 is 2.13 bits per heavy atom. The third kappa shape index (κ3) is 4.10. The van der Waals surface area contributed by atoms with Crippen molar-refractivity contribution >= 4 is 21.6 Å². The number of nitrogens with zero attached hydrogens (tertiary/aromatic N) is 1. The number of ether oxygens (including phenoxy) is 1. The van der Waals surface area contributed by atoms with E-state index in [0.717, 1.165) is 29.0 Å². The van der Waals surface area contributed by atoms with E-state index in [2.05, 4.69) is 40.2 Å². The van der Waals surface area contributed by atoms with Gasteiger partial charge in [0.1, 0.15) is 5.75 Å². The van der Waals surface area contributed by atoms with E-state index in [1.54, 1.807) is 7.11 Å². The fourth-order valence-corrected chi connectivity index (χ4v) is 1.59. The number of anilines is 1. The molecule has 1 aromatic carbocycles. The molecule has 0 unspecified atom stereocenters. The highest BCUT2D eigenvalue weighted by molar-refractivity contribution is 9.10. The molecule has 0 aliphatic heterocycles. The molecule has 0 aromatic heterocycles. The first-order valence-electron chi connectivity index (χ1n) is 4.85. The van der Waals surface area contributed by atoms with Crippen molar-refractivity contribution < 1.29 is 4.74 Å². The quantitative estimate of drug-likeness (QED) is 0.891. The van der Waals surface area contributed by atoms with Crippen LogP contribution in [0.15, 0.2) is 22.7 Å². The third-order valence-electron chi connectivity index (χ3n) is 2.04. The first-order chi connectivity index (χ1) is 7.13. The molecular weight excluding hydrogens is 256 g/mol. The molecule has 0 amide bonds. The van der Waals surface area contributed by atoms with Crippen LogP contribution in [-0.2, 0) is 0 Å². The largest absolute Gasteiger partial charge is 0.495 e. The summed E-state index contributed by atoms with van der Waals surface area (Å²) in [7, 11) is 5.79. The van der Waals surface area contributed by atoms with Crippen molar-refractivity contribution in [1.29, 1.82) is 0 Å². The lowest BCUT2D eigenvalue weighted by Gasteiger charge is -2.14. The Morgan fingerprint density at radius 3 is 2.73 bits per heavy atom. The van der Waals surface area contributed by atoms with Crippen LogP contribution >= 0.6 is 15.9 Å². The van der Waals surface area contributed by atoms with Crippen LogP contribution < -0.4 is 10.1 Å². The summed E-state index contributed by atoms with van der Waals surface area (Å²) in [5.74, 6) is 0.872. The topological polar surface area (TPSA) is 24.5 Å². The number of halogens is 1. The van der Waals surface area contributed by atoms with Crippen molar-refractivity contribution in [2.24, 2.45) is 0 Å². The molecule has 0 heterocycles. The van der Waals surface area contributed by atoms with Gasteiger partial charge in [0.05, 0.1) is 12.8 Å². The van der Waals surface area contributed by atoms with Crippen molar-refractivity contribution in [1.82, 2.24) is 4.90 Å².